The van der Waals surface area contributed by atoms with Crippen molar-refractivity contribution >= 4 is 43.6 Å². The van der Waals surface area contributed by atoms with Crippen molar-refractivity contribution in [3.05, 3.63) is 194 Å². The van der Waals surface area contributed by atoms with Crippen LogP contribution in [0.3, 0.4) is 0 Å². The lowest BCUT2D eigenvalue weighted by Gasteiger charge is -2.11. The summed E-state index contributed by atoms with van der Waals surface area (Å²) in [5.41, 5.74) is 9.00. The molecule has 234 valence electrons. The Kier molecular flexibility index (Phi) is 5.08. The largest absolute Gasteiger partial charge is 0.309 e. The van der Waals surface area contributed by atoms with Gasteiger partial charge in [0.15, 0.2) is 0 Å². The predicted molar refractivity (Wildman–Crippen MR) is 211 cm³/mol. The molecule has 2 heteroatoms. The number of nitrogens with zero attached hydrogens (tertiary/aromatic N) is 2. The molecule has 2 aromatic heterocycles. The quantitative estimate of drug-likeness (QED) is 0.177. The van der Waals surface area contributed by atoms with Crippen molar-refractivity contribution in [2.45, 2.75) is 0 Å². The molecule has 2 nitrogen and oxygen atoms in total. The molecule has 0 spiro atoms. The fourth-order valence-electron chi connectivity index (χ4n) is 7.21. The standard InChI is InChI=1S/C48H32N2/c1-4-13-33(14-5-1)35-17-12-20-40(29-35)50-47-28-25-37(31-44(47)42-26-23-38(32-48(42)50)34-15-6-2-7-16-34)36-24-27-46-43(30-36)41-21-10-11-22-45(41)49(46)39-18-8-3-9-19-39/h1-32H/i10D,11D,21D,22D,24D,27D,30D. The van der Waals surface area contributed by atoms with Crippen LogP contribution in [0.4, 0.5) is 0 Å². The lowest BCUT2D eigenvalue weighted by Crippen LogP contribution is -1.95. The minimum absolute atomic E-state index is 0.0688. The fourth-order valence-corrected chi connectivity index (χ4v) is 7.21. The molecule has 0 saturated heterocycles. The average molecular weight is 644 g/mol. The van der Waals surface area contributed by atoms with E-state index in [9.17, 15) is 4.11 Å². The van der Waals surface area contributed by atoms with Crippen LogP contribution < -0.4 is 0 Å². The Morgan fingerprint density at radius 1 is 0.320 bits per heavy atom. The normalized spacial score (nSPS) is 13.6. The smallest absolute Gasteiger partial charge is 0.0645 e. The summed E-state index contributed by atoms with van der Waals surface area (Å²) in [7, 11) is 0. The maximum atomic E-state index is 9.73. The molecule has 10 aromatic rings. The minimum Gasteiger partial charge on any atom is -0.309 e. The van der Waals surface area contributed by atoms with Gasteiger partial charge in [-0.25, -0.2) is 0 Å². The second kappa shape index (κ2) is 11.5. The van der Waals surface area contributed by atoms with Crippen molar-refractivity contribution in [3.63, 3.8) is 0 Å². The van der Waals surface area contributed by atoms with Gasteiger partial charge in [0.25, 0.3) is 0 Å². The molecule has 0 saturated carbocycles. The van der Waals surface area contributed by atoms with Gasteiger partial charge in [0.1, 0.15) is 0 Å². The Morgan fingerprint density at radius 2 is 0.920 bits per heavy atom. The van der Waals surface area contributed by atoms with E-state index >= 15 is 0 Å². The zero-order valence-electron chi connectivity index (χ0n) is 33.8. The highest BCUT2D eigenvalue weighted by atomic mass is 15.0. The third-order valence-corrected chi connectivity index (χ3v) is 9.55. The maximum Gasteiger partial charge on any atom is 0.0645 e. The molecule has 0 N–H and O–H groups in total. The Balaban J connectivity index is 1.27. The summed E-state index contributed by atoms with van der Waals surface area (Å²) in [6, 6.07) is 48.6. The molecule has 0 radical (unpaired) electrons. The Hall–Kier alpha value is -6.64. The van der Waals surface area contributed by atoms with E-state index in [0.717, 1.165) is 49.7 Å². The van der Waals surface area contributed by atoms with Crippen molar-refractivity contribution < 1.29 is 9.60 Å². The van der Waals surface area contributed by atoms with Crippen LogP contribution >= 0.6 is 0 Å². The summed E-state index contributed by atoms with van der Waals surface area (Å²) < 4.78 is 67.5. The van der Waals surface area contributed by atoms with E-state index in [1.54, 1.807) is 16.7 Å². The van der Waals surface area contributed by atoms with Crippen molar-refractivity contribution in [2.75, 3.05) is 0 Å². The van der Waals surface area contributed by atoms with Crippen LogP contribution in [0.15, 0.2) is 194 Å². The molecule has 10 rings (SSSR count). The first-order valence-electron chi connectivity index (χ1n) is 20.1. The van der Waals surface area contributed by atoms with Gasteiger partial charge in [0.05, 0.1) is 31.7 Å². The monoisotopic (exact) mass is 643 g/mol. The third-order valence-electron chi connectivity index (χ3n) is 9.55. The van der Waals surface area contributed by atoms with E-state index in [4.69, 9.17) is 5.48 Å². The summed E-state index contributed by atoms with van der Waals surface area (Å²) in [5.74, 6) is 0. The highest BCUT2D eigenvalue weighted by Crippen LogP contribution is 2.39. The summed E-state index contributed by atoms with van der Waals surface area (Å²) >= 11 is 0. The highest BCUT2D eigenvalue weighted by molar-refractivity contribution is 6.13. The second-order valence-corrected chi connectivity index (χ2v) is 12.4. The molecule has 0 fully saturated rings. The van der Waals surface area contributed by atoms with E-state index in [-0.39, 0.29) is 57.6 Å². The van der Waals surface area contributed by atoms with Crippen LogP contribution in [-0.4, -0.2) is 9.13 Å². The van der Waals surface area contributed by atoms with Gasteiger partial charge >= 0.3 is 0 Å². The van der Waals surface area contributed by atoms with E-state index in [2.05, 4.69) is 71.3 Å². The highest BCUT2D eigenvalue weighted by Gasteiger charge is 2.17. The van der Waals surface area contributed by atoms with Crippen molar-refractivity contribution in [1.29, 1.82) is 0 Å². The Bertz CT molecular complexity index is 3240. The van der Waals surface area contributed by atoms with Gasteiger partial charge < -0.3 is 9.13 Å². The number of para-hydroxylation sites is 2. The van der Waals surface area contributed by atoms with Gasteiger partial charge in [-0.2, -0.15) is 0 Å². The van der Waals surface area contributed by atoms with Gasteiger partial charge in [0.2, 0.25) is 0 Å². The lowest BCUT2D eigenvalue weighted by molar-refractivity contribution is 1.18. The lowest BCUT2D eigenvalue weighted by atomic mass is 9.99. The fraction of sp³-hybridized carbons (Fsp3) is 0. The van der Waals surface area contributed by atoms with Crippen LogP contribution in [0, 0.1) is 0 Å². The van der Waals surface area contributed by atoms with Gasteiger partial charge in [-0.15, -0.1) is 0 Å². The first-order chi connectivity index (χ1) is 27.7. The molecular formula is C48H32N2. The Morgan fingerprint density at radius 3 is 1.70 bits per heavy atom. The SMILES string of the molecule is [2H]c1c([2H])c([2H])c2c(c1[2H])c1c([2H])c(-c3ccc4c(c3)c3ccc(-c5ccccc5)cc3n4-c3cccc(-c4ccccc4)c3)c([2H])c([2H])c1n2-c1ccccc1. The number of aromatic nitrogens is 2. The van der Waals surface area contributed by atoms with Crippen LogP contribution in [0.1, 0.15) is 9.60 Å². The molecule has 2 heterocycles. The summed E-state index contributed by atoms with van der Waals surface area (Å²) in [5, 5.41) is 2.26. The van der Waals surface area contributed by atoms with Gasteiger partial charge in [0, 0.05) is 32.9 Å². The molecule has 0 aliphatic heterocycles. The molecule has 0 aliphatic rings. The van der Waals surface area contributed by atoms with Gasteiger partial charge in [-0.05, 0) is 94.0 Å². The second-order valence-electron chi connectivity index (χ2n) is 12.4. The van der Waals surface area contributed by atoms with Crippen molar-refractivity contribution in [3.8, 4) is 44.8 Å². The van der Waals surface area contributed by atoms with Crippen molar-refractivity contribution in [1.82, 2.24) is 9.13 Å². The predicted octanol–water partition coefficient (Wildman–Crippen LogP) is 12.9. The molecule has 0 atom stereocenters. The summed E-state index contributed by atoms with van der Waals surface area (Å²) in [6.45, 7) is 0. The number of benzene rings is 8. The number of fused-ring (bicyclic) bond motifs is 6. The van der Waals surface area contributed by atoms with E-state index in [1.165, 1.54) is 0 Å². The molecule has 0 amide bonds. The zero-order valence-corrected chi connectivity index (χ0v) is 26.8. The third kappa shape index (κ3) is 4.57. The maximum absolute atomic E-state index is 9.73. The molecule has 0 unspecified atom stereocenters. The van der Waals surface area contributed by atoms with Crippen LogP contribution in [0.2, 0.25) is 0 Å². The molecular weight excluding hydrogens is 605 g/mol. The topological polar surface area (TPSA) is 9.86 Å². The summed E-state index contributed by atoms with van der Waals surface area (Å²) in [6.07, 6.45) is 0. The van der Waals surface area contributed by atoms with Crippen molar-refractivity contribution in [2.24, 2.45) is 0 Å². The number of rotatable bonds is 5. The molecule has 0 bridgehead atoms. The number of hydrogen-bond donors (Lipinski definition) is 0. The zero-order chi connectivity index (χ0) is 39.1. The van der Waals surface area contributed by atoms with Crippen LogP contribution in [-0.2, 0) is 0 Å². The first kappa shape index (κ1) is 22.1. The van der Waals surface area contributed by atoms with Gasteiger partial charge in [-0.3, -0.25) is 0 Å². The van der Waals surface area contributed by atoms with E-state index in [1.807, 2.05) is 72.8 Å². The van der Waals surface area contributed by atoms with Gasteiger partial charge in [-0.1, -0.05) is 133 Å². The van der Waals surface area contributed by atoms with Crippen LogP contribution in [0.5, 0.6) is 0 Å². The van der Waals surface area contributed by atoms with Crippen LogP contribution in [0.25, 0.3) is 88.4 Å². The Labute approximate surface area is 300 Å². The van der Waals surface area contributed by atoms with E-state index in [0.29, 0.717) is 11.3 Å². The number of hydrogen-bond acceptors (Lipinski definition) is 0. The molecule has 8 aromatic carbocycles. The first-order valence-corrected chi connectivity index (χ1v) is 16.6. The van der Waals surface area contributed by atoms with E-state index < -0.39 is 12.1 Å². The molecule has 50 heavy (non-hydrogen) atoms. The minimum atomic E-state index is -0.414. The average Bonchev–Trinajstić information content (AvgIpc) is 3.79. The molecule has 0 aliphatic carbocycles. The summed E-state index contributed by atoms with van der Waals surface area (Å²) in [4.78, 5) is 0.